The van der Waals surface area contributed by atoms with Crippen molar-refractivity contribution in [2.45, 2.75) is 19.4 Å². The Kier molecular flexibility index (Phi) is 6.87. The Morgan fingerprint density at radius 2 is 1.81 bits per heavy atom. The van der Waals surface area contributed by atoms with E-state index < -0.39 is 11.7 Å². The van der Waals surface area contributed by atoms with Crippen molar-refractivity contribution < 1.29 is 14.0 Å². The van der Waals surface area contributed by atoms with Gasteiger partial charge in [0.15, 0.2) is 0 Å². The Labute approximate surface area is 186 Å². The van der Waals surface area contributed by atoms with Gasteiger partial charge in [-0.05, 0) is 55.3 Å². The molecule has 1 fully saturated rings. The SMILES string of the molecule is O=C(Nc1ccc(F)cc1NC(=O)C1CCCN(Cc2ccccc2)C1)c1ccccn1. The van der Waals surface area contributed by atoms with E-state index in [0.717, 1.165) is 25.9 Å². The molecule has 2 aromatic carbocycles. The molecular weight excluding hydrogens is 407 g/mol. The normalized spacial score (nSPS) is 16.3. The number of piperidine rings is 1. The molecule has 0 spiro atoms. The number of aromatic nitrogens is 1. The fourth-order valence-corrected chi connectivity index (χ4v) is 3.90. The van der Waals surface area contributed by atoms with Crippen LogP contribution in [-0.4, -0.2) is 34.8 Å². The molecule has 1 aromatic heterocycles. The lowest BCUT2D eigenvalue weighted by molar-refractivity contribution is -0.121. The second kappa shape index (κ2) is 10.2. The molecule has 1 aliphatic rings. The van der Waals surface area contributed by atoms with Crippen molar-refractivity contribution in [1.29, 1.82) is 0 Å². The quantitative estimate of drug-likeness (QED) is 0.608. The molecule has 2 amide bonds. The lowest BCUT2D eigenvalue weighted by Gasteiger charge is -2.32. The second-order valence-corrected chi connectivity index (χ2v) is 7.91. The summed E-state index contributed by atoms with van der Waals surface area (Å²) in [4.78, 5) is 31.8. The van der Waals surface area contributed by atoms with Crippen molar-refractivity contribution in [3.63, 3.8) is 0 Å². The molecule has 4 rings (SSSR count). The number of rotatable bonds is 6. The Morgan fingerprint density at radius 1 is 1.00 bits per heavy atom. The lowest BCUT2D eigenvalue weighted by atomic mass is 9.96. The minimum atomic E-state index is -0.495. The number of benzene rings is 2. The van der Waals surface area contributed by atoms with Crippen molar-refractivity contribution in [3.8, 4) is 0 Å². The summed E-state index contributed by atoms with van der Waals surface area (Å²) in [5.74, 6) is -1.32. The molecule has 1 saturated heterocycles. The van der Waals surface area contributed by atoms with Crippen LogP contribution in [0.15, 0.2) is 72.9 Å². The van der Waals surface area contributed by atoms with Crippen molar-refractivity contribution in [2.75, 3.05) is 23.7 Å². The Balaban J connectivity index is 1.43. The number of pyridine rings is 1. The molecule has 6 nitrogen and oxygen atoms in total. The van der Waals surface area contributed by atoms with Gasteiger partial charge in [0.2, 0.25) is 5.91 Å². The molecule has 0 aliphatic carbocycles. The van der Waals surface area contributed by atoms with E-state index in [2.05, 4.69) is 32.7 Å². The van der Waals surface area contributed by atoms with Crippen LogP contribution < -0.4 is 10.6 Å². The number of anilines is 2. The number of carbonyl (C=O) groups is 2. The van der Waals surface area contributed by atoms with Gasteiger partial charge in [0.25, 0.3) is 5.91 Å². The number of likely N-dealkylation sites (tertiary alicyclic amines) is 1. The van der Waals surface area contributed by atoms with E-state index in [1.165, 1.54) is 30.0 Å². The van der Waals surface area contributed by atoms with E-state index in [4.69, 9.17) is 0 Å². The number of halogens is 1. The third-order valence-corrected chi connectivity index (χ3v) is 5.51. The maximum absolute atomic E-state index is 13.9. The summed E-state index contributed by atoms with van der Waals surface area (Å²) in [5.41, 5.74) is 2.00. The van der Waals surface area contributed by atoms with Crippen LogP contribution in [0.2, 0.25) is 0 Å². The molecule has 1 aliphatic heterocycles. The fraction of sp³-hybridized carbons (Fsp3) is 0.240. The van der Waals surface area contributed by atoms with Crippen LogP contribution in [0.25, 0.3) is 0 Å². The van der Waals surface area contributed by atoms with E-state index in [0.29, 0.717) is 12.2 Å². The number of carbonyl (C=O) groups excluding carboxylic acids is 2. The first-order chi connectivity index (χ1) is 15.6. The molecule has 3 aromatic rings. The molecule has 0 saturated carbocycles. The first-order valence-corrected chi connectivity index (χ1v) is 10.7. The number of hydrogen-bond acceptors (Lipinski definition) is 4. The number of nitrogens with zero attached hydrogens (tertiary/aromatic N) is 2. The molecule has 1 atom stereocenters. The number of nitrogens with one attached hydrogen (secondary N) is 2. The Hall–Kier alpha value is -3.58. The molecule has 2 heterocycles. The van der Waals surface area contributed by atoms with Gasteiger partial charge >= 0.3 is 0 Å². The zero-order valence-corrected chi connectivity index (χ0v) is 17.6. The van der Waals surface area contributed by atoms with Crippen molar-refractivity contribution in [3.05, 3.63) is 90.0 Å². The predicted molar refractivity (Wildman–Crippen MR) is 122 cm³/mol. The molecule has 1 unspecified atom stereocenters. The highest BCUT2D eigenvalue weighted by atomic mass is 19.1. The summed E-state index contributed by atoms with van der Waals surface area (Å²) in [6, 6.07) is 19.1. The molecule has 164 valence electrons. The van der Waals surface area contributed by atoms with Gasteiger partial charge < -0.3 is 10.6 Å². The van der Waals surface area contributed by atoms with E-state index in [1.807, 2.05) is 18.2 Å². The summed E-state index contributed by atoms with van der Waals surface area (Å²) >= 11 is 0. The maximum Gasteiger partial charge on any atom is 0.274 e. The van der Waals surface area contributed by atoms with Gasteiger partial charge in [0, 0.05) is 19.3 Å². The monoisotopic (exact) mass is 432 g/mol. The van der Waals surface area contributed by atoms with Gasteiger partial charge in [0.1, 0.15) is 11.5 Å². The average molecular weight is 432 g/mol. The smallest absolute Gasteiger partial charge is 0.274 e. The fourth-order valence-electron chi connectivity index (χ4n) is 3.90. The lowest BCUT2D eigenvalue weighted by Crippen LogP contribution is -2.40. The van der Waals surface area contributed by atoms with Crippen LogP contribution in [0, 0.1) is 11.7 Å². The minimum Gasteiger partial charge on any atom is -0.324 e. The van der Waals surface area contributed by atoms with E-state index >= 15 is 0 Å². The molecule has 2 N–H and O–H groups in total. The summed E-state index contributed by atoms with van der Waals surface area (Å²) in [6.45, 7) is 2.35. The molecule has 0 radical (unpaired) electrons. The van der Waals surface area contributed by atoms with Crippen molar-refractivity contribution >= 4 is 23.2 Å². The average Bonchev–Trinajstić information content (AvgIpc) is 2.82. The van der Waals surface area contributed by atoms with Gasteiger partial charge in [0.05, 0.1) is 17.3 Å². The summed E-state index contributed by atoms with van der Waals surface area (Å²) in [5, 5.41) is 5.53. The summed E-state index contributed by atoms with van der Waals surface area (Å²) < 4.78 is 13.9. The Morgan fingerprint density at radius 3 is 2.59 bits per heavy atom. The molecule has 32 heavy (non-hydrogen) atoms. The highest BCUT2D eigenvalue weighted by Crippen LogP contribution is 2.26. The van der Waals surface area contributed by atoms with Gasteiger partial charge in [-0.25, -0.2) is 4.39 Å². The van der Waals surface area contributed by atoms with Crippen molar-refractivity contribution in [2.24, 2.45) is 5.92 Å². The standard InChI is InChI=1S/C25H25FN4O2/c26-20-11-12-21(28-25(32)22-10-4-5-13-27-22)23(15-20)29-24(31)19-9-6-14-30(17-19)16-18-7-2-1-3-8-18/h1-5,7-8,10-13,15,19H,6,9,14,16-17H2,(H,28,32)(H,29,31). The van der Waals surface area contributed by atoms with Crippen LogP contribution in [0.1, 0.15) is 28.9 Å². The largest absolute Gasteiger partial charge is 0.324 e. The van der Waals surface area contributed by atoms with Crippen LogP contribution in [0.5, 0.6) is 0 Å². The topological polar surface area (TPSA) is 74.3 Å². The van der Waals surface area contributed by atoms with Gasteiger partial charge in [-0.1, -0.05) is 36.4 Å². The first-order valence-electron chi connectivity index (χ1n) is 10.7. The van der Waals surface area contributed by atoms with Gasteiger partial charge in [-0.3, -0.25) is 19.5 Å². The van der Waals surface area contributed by atoms with Gasteiger partial charge in [-0.2, -0.15) is 0 Å². The third kappa shape index (κ3) is 5.56. The van der Waals surface area contributed by atoms with Crippen molar-refractivity contribution in [1.82, 2.24) is 9.88 Å². The van der Waals surface area contributed by atoms with Gasteiger partial charge in [-0.15, -0.1) is 0 Å². The summed E-state index contributed by atoms with van der Waals surface area (Å²) in [6.07, 6.45) is 3.20. The van der Waals surface area contributed by atoms with E-state index in [1.54, 1.807) is 18.2 Å². The first kappa shape index (κ1) is 21.6. The number of amides is 2. The van der Waals surface area contributed by atoms with Crippen LogP contribution in [-0.2, 0) is 11.3 Å². The maximum atomic E-state index is 13.9. The van der Waals surface area contributed by atoms with Crippen LogP contribution in [0.4, 0.5) is 15.8 Å². The zero-order chi connectivity index (χ0) is 22.3. The van der Waals surface area contributed by atoms with E-state index in [9.17, 15) is 14.0 Å². The Bertz CT molecular complexity index is 1080. The minimum absolute atomic E-state index is 0.179. The predicted octanol–water partition coefficient (Wildman–Crippen LogP) is 4.32. The highest BCUT2D eigenvalue weighted by molar-refractivity contribution is 6.06. The molecular formula is C25H25FN4O2. The zero-order valence-electron chi connectivity index (χ0n) is 17.6. The highest BCUT2D eigenvalue weighted by Gasteiger charge is 2.26. The molecule has 7 heteroatoms. The second-order valence-electron chi connectivity index (χ2n) is 7.91. The number of hydrogen-bond donors (Lipinski definition) is 2. The van der Waals surface area contributed by atoms with Crippen LogP contribution in [0.3, 0.4) is 0 Å². The van der Waals surface area contributed by atoms with E-state index in [-0.39, 0.29) is 23.2 Å². The van der Waals surface area contributed by atoms with Crippen LogP contribution >= 0.6 is 0 Å². The third-order valence-electron chi connectivity index (χ3n) is 5.51. The summed E-state index contributed by atoms with van der Waals surface area (Å²) in [7, 11) is 0. The molecule has 0 bridgehead atoms.